The maximum atomic E-state index is 13.2. The molecule has 5 fully saturated rings. The molecule has 1 amide bonds. The lowest BCUT2D eigenvalue weighted by molar-refractivity contribution is -0.131. The van der Waals surface area contributed by atoms with Gasteiger partial charge in [-0.05, 0) is 80.4 Å². The number of benzene rings is 1. The van der Waals surface area contributed by atoms with E-state index in [0.29, 0.717) is 48.0 Å². The molecule has 172 valence electrons. The second kappa shape index (κ2) is 8.80. The summed E-state index contributed by atoms with van der Waals surface area (Å²) in [6.07, 6.45) is 9.03. The van der Waals surface area contributed by atoms with E-state index in [0.717, 1.165) is 32.1 Å². The highest BCUT2D eigenvalue weighted by Gasteiger charge is 2.55. The van der Waals surface area contributed by atoms with Crippen LogP contribution in [0.1, 0.15) is 50.5 Å². The molecule has 2 N–H and O–H groups in total. The lowest BCUT2D eigenvalue weighted by Gasteiger charge is -2.60. The van der Waals surface area contributed by atoms with Gasteiger partial charge in [0.1, 0.15) is 17.9 Å². The fraction of sp³-hybridized carbons (Fsp3) is 0.577. The number of rotatable bonds is 6. The van der Waals surface area contributed by atoms with Gasteiger partial charge in [0.15, 0.2) is 0 Å². The summed E-state index contributed by atoms with van der Waals surface area (Å²) >= 11 is 0. The first-order valence-electron chi connectivity index (χ1n) is 12.1. The molecule has 5 aliphatic rings. The van der Waals surface area contributed by atoms with Crippen LogP contribution < -0.4 is 10.6 Å². The van der Waals surface area contributed by atoms with Crippen molar-refractivity contribution in [1.82, 2.24) is 15.5 Å². The van der Waals surface area contributed by atoms with Gasteiger partial charge in [-0.2, -0.15) is 10.5 Å². The van der Waals surface area contributed by atoms with Crippen LogP contribution in [0.3, 0.4) is 0 Å². The van der Waals surface area contributed by atoms with Gasteiger partial charge in [-0.3, -0.25) is 4.79 Å². The topological polar surface area (TPSA) is 91.9 Å². The number of nitrogens with zero attached hydrogens (tertiary/aromatic N) is 3. The Bertz CT molecular complexity index is 1010. The van der Waals surface area contributed by atoms with E-state index in [-0.39, 0.29) is 23.3 Å². The molecule has 1 aromatic rings. The summed E-state index contributed by atoms with van der Waals surface area (Å²) in [6.45, 7) is 0.999. The van der Waals surface area contributed by atoms with Crippen molar-refractivity contribution in [1.29, 1.82) is 10.5 Å². The number of nitriles is 2. The van der Waals surface area contributed by atoms with E-state index in [1.165, 1.54) is 25.0 Å². The van der Waals surface area contributed by atoms with Crippen LogP contribution in [0.15, 0.2) is 30.5 Å². The highest BCUT2D eigenvalue weighted by Crippen LogP contribution is 2.55. The summed E-state index contributed by atoms with van der Waals surface area (Å²) in [5.74, 6) is 1.42. The third kappa shape index (κ3) is 4.23. The summed E-state index contributed by atoms with van der Waals surface area (Å²) in [5, 5.41) is 26.1. The van der Waals surface area contributed by atoms with Gasteiger partial charge in [0.25, 0.3) is 0 Å². The Kier molecular flexibility index (Phi) is 5.85. The molecule has 1 heterocycles. The lowest BCUT2D eigenvalue weighted by Crippen LogP contribution is -2.65. The number of amides is 1. The van der Waals surface area contributed by atoms with Crippen molar-refractivity contribution in [2.24, 2.45) is 17.8 Å². The fourth-order valence-corrected chi connectivity index (χ4v) is 7.07. The smallest absolute Gasteiger partial charge is 0.237 e. The predicted octanol–water partition coefficient (Wildman–Crippen LogP) is 3.33. The van der Waals surface area contributed by atoms with Crippen LogP contribution in [-0.2, 0) is 4.79 Å². The third-order valence-corrected chi connectivity index (χ3v) is 8.31. The molecule has 0 aromatic heterocycles. The van der Waals surface area contributed by atoms with E-state index in [4.69, 9.17) is 0 Å². The van der Waals surface area contributed by atoms with Crippen molar-refractivity contribution >= 4 is 11.5 Å². The van der Waals surface area contributed by atoms with Gasteiger partial charge in [-0.1, -0.05) is 12.1 Å². The number of halogens is 1. The van der Waals surface area contributed by atoms with Crippen LogP contribution in [0.2, 0.25) is 0 Å². The van der Waals surface area contributed by atoms with Crippen LogP contribution in [-0.4, -0.2) is 41.5 Å². The SMILES string of the molecule is N#C/C(=C\NC1C2CC3CC1CC(NCC(=O)N1CCCC1C#N)(C3)C2)c1ccc(F)cc1. The number of likely N-dealkylation sites (tertiary alicyclic amines) is 1. The molecule has 6 nitrogen and oxygen atoms in total. The van der Waals surface area contributed by atoms with Gasteiger partial charge in [-0.15, -0.1) is 0 Å². The number of allylic oxidation sites excluding steroid dienone is 1. The highest BCUT2D eigenvalue weighted by atomic mass is 19.1. The van der Waals surface area contributed by atoms with Crippen LogP contribution in [0.25, 0.3) is 5.57 Å². The van der Waals surface area contributed by atoms with Crippen molar-refractivity contribution in [2.45, 2.75) is 62.6 Å². The molecule has 3 unspecified atom stereocenters. The molecule has 7 heteroatoms. The Morgan fingerprint density at radius 2 is 1.91 bits per heavy atom. The van der Waals surface area contributed by atoms with Crippen molar-refractivity contribution in [2.75, 3.05) is 13.1 Å². The predicted molar refractivity (Wildman–Crippen MR) is 122 cm³/mol. The Hall–Kier alpha value is -2.90. The molecule has 4 aliphatic carbocycles. The molecule has 1 aromatic carbocycles. The monoisotopic (exact) mass is 447 g/mol. The summed E-state index contributed by atoms with van der Waals surface area (Å²) in [7, 11) is 0. The molecule has 0 radical (unpaired) electrons. The summed E-state index contributed by atoms with van der Waals surface area (Å²) in [5.41, 5.74) is 1.23. The quantitative estimate of drug-likeness (QED) is 0.653. The van der Waals surface area contributed by atoms with Gasteiger partial charge in [0.2, 0.25) is 5.91 Å². The highest BCUT2D eigenvalue weighted by molar-refractivity contribution is 5.79. The first-order chi connectivity index (χ1) is 16.0. The van der Waals surface area contributed by atoms with E-state index in [1.54, 1.807) is 23.2 Å². The zero-order chi connectivity index (χ0) is 23.0. The standard InChI is InChI=1S/C26H30FN5O/c27-22-5-3-18(4-6-22)21(13-28)15-30-25-19-8-17-9-20(25)12-26(10-17,11-19)31-16-24(33)32-7-1-2-23(32)14-29/h3-6,15,17,19-20,23,25,30-31H,1-2,7-12,16H2/b21-15+. The molecule has 0 spiro atoms. The van der Waals surface area contributed by atoms with E-state index in [1.807, 2.05) is 0 Å². The molecule has 1 aliphatic heterocycles. The van der Waals surface area contributed by atoms with Crippen LogP contribution in [0.4, 0.5) is 4.39 Å². The van der Waals surface area contributed by atoms with E-state index >= 15 is 0 Å². The minimum Gasteiger partial charge on any atom is -0.387 e. The van der Waals surface area contributed by atoms with Crippen LogP contribution in [0.5, 0.6) is 0 Å². The third-order valence-electron chi connectivity index (χ3n) is 8.31. The Balaban J connectivity index is 1.24. The average Bonchev–Trinajstić information content (AvgIpc) is 3.29. The first-order valence-corrected chi connectivity index (χ1v) is 12.1. The molecule has 33 heavy (non-hydrogen) atoms. The minimum atomic E-state index is -0.311. The number of hydrogen-bond donors (Lipinski definition) is 2. The normalized spacial score (nSPS) is 34.7. The number of carbonyl (C=O) groups excluding carboxylic acids is 1. The summed E-state index contributed by atoms with van der Waals surface area (Å²) in [6, 6.07) is 10.6. The van der Waals surface area contributed by atoms with E-state index < -0.39 is 0 Å². The zero-order valence-electron chi connectivity index (χ0n) is 18.8. The molecule has 6 rings (SSSR count). The Labute approximate surface area is 194 Å². The Morgan fingerprint density at radius 1 is 1.18 bits per heavy atom. The maximum Gasteiger partial charge on any atom is 0.237 e. The van der Waals surface area contributed by atoms with Crippen LogP contribution >= 0.6 is 0 Å². The lowest BCUT2D eigenvalue weighted by atomic mass is 9.51. The molecule has 1 saturated heterocycles. The second-order valence-corrected chi connectivity index (χ2v) is 10.3. The first kappa shape index (κ1) is 21.9. The summed E-state index contributed by atoms with van der Waals surface area (Å²) in [4.78, 5) is 14.5. The van der Waals surface area contributed by atoms with Crippen molar-refractivity contribution in [3.05, 3.63) is 41.8 Å². The van der Waals surface area contributed by atoms with Crippen molar-refractivity contribution < 1.29 is 9.18 Å². The number of carbonyl (C=O) groups is 1. The minimum absolute atomic E-state index is 0.00489. The van der Waals surface area contributed by atoms with Gasteiger partial charge >= 0.3 is 0 Å². The van der Waals surface area contributed by atoms with Gasteiger partial charge < -0.3 is 15.5 Å². The van der Waals surface area contributed by atoms with E-state index in [2.05, 4.69) is 22.8 Å². The molecule has 4 bridgehead atoms. The van der Waals surface area contributed by atoms with Gasteiger partial charge in [-0.25, -0.2) is 4.39 Å². The van der Waals surface area contributed by atoms with E-state index in [9.17, 15) is 19.7 Å². The van der Waals surface area contributed by atoms with Crippen molar-refractivity contribution in [3.63, 3.8) is 0 Å². The molecular formula is C26H30FN5O. The van der Waals surface area contributed by atoms with Crippen LogP contribution in [0, 0.1) is 46.2 Å². The number of nitrogens with one attached hydrogen (secondary N) is 2. The maximum absolute atomic E-state index is 13.2. The molecular weight excluding hydrogens is 417 g/mol. The number of hydrogen-bond acceptors (Lipinski definition) is 5. The Morgan fingerprint density at radius 3 is 2.58 bits per heavy atom. The second-order valence-electron chi connectivity index (χ2n) is 10.3. The largest absolute Gasteiger partial charge is 0.387 e. The molecule has 3 atom stereocenters. The van der Waals surface area contributed by atoms with Gasteiger partial charge in [0, 0.05) is 24.3 Å². The van der Waals surface area contributed by atoms with Gasteiger partial charge in [0.05, 0.1) is 18.2 Å². The fourth-order valence-electron chi connectivity index (χ4n) is 7.07. The zero-order valence-corrected chi connectivity index (χ0v) is 18.8. The van der Waals surface area contributed by atoms with Crippen molar-refractivity contribution in [3.8, 4) is 12.1 Å². The summed E-state index contributed by atoms with van der Waals surface area (Å²) < 4.78 is 13.2. The molecule has 4 saturated carbocycles. The average molecular weight is 448 g/mol.